The van der Waals surface area contributed by atoms with E-state index >= 15 is 0 Å². The van der Waals surface area contributed by atoms with Crippen LogP contribution in [0.3, 0.4) is 0 Å². The lowest BCUT2D eigenvalue weighted by Gasteiger charge is -2.23. The molecule has 0 aliphatic carbocycles. The van der Waals surface area contributed by atoms with E-state index in [-0.39, 0.29) is 6.10 Å². The highest BCUT2D eigenvalue weighted by Gasteiger charge is 2.18. The largest absolute Gasteiger partial charge is 0.376 e. The fourth-order valence-corrected chi connectivity index (χ4v) is 2.54. The van der Waals surface area contributed by atoms with Crippen molar-refractivity contribution in [3.8, 4) is 11.5 Å². The average Bonchev–Trinajstić information content (AvgIpc) is 2.82. The first-order valence-corrected chi connectivity index (χ1v) is 6.93. The molecule has 3 rings (SSSR count). The van der Waals surface area contributed by atoms with E-state index in [1.165, 1.54) is 6.42 Å². The Bertz CT molecular complexity index is 586. The van der Waals surface area contributed by atoms with Gasteiger partial charge in [0.15, 0.2) is 10.6 Å². The summed E-state index contributed by atoms with van der Waals surface area (Å²) >= 11 is 5.30. The molecule has 1 unspecified atom stereocenters. The lowest BCUT2D eigenvalue weighted by Crippen LogP contribution is -2.25. The van der Waals surface area contributed by atoms with Crippen LogP contribution in [0.2, 0.25) is 0 Å². The minimum Gasteiger partial charge on any atom is -0.376 e. The summed E-state index contributed by atoms with van der Waals surface area (Å²) in [5, 5.41) is 7.12. The molecular formula is C13H16N4OS. The van der Waals surface area contributed by atoms with Crippen molar-refractivity contribution >= 4 is 12.2 Å². The fraction of sp³-hybridized carbons (Fsp3) is 0.462. The van der Waals surface area contributed by atoms with Gasteiger partial charge in [0.25, 0.3) is 0 Å². The van der Waals surface area contributed by atoms with Gasteiger partial charge in [-0.05, 0) is 43.6 Å². The summed E-state index contributed by atoms with van der Waals surface area (Å²) in [5.74, 6) is 0.778. The molecule has 1 atom stereocenters. The molecule has 0 radical (unpaired) electrons. The molecule has 0 spiro atoms. The molecule has 0 amide bonds. The maximum Gasteiger partial charge on any atom is 0.195 e. The van der Waals surface area contributed by atoms with Crippen molar-refractivity contribution in [3.63, 3.8) is 0 Å². The predicted molar refractivity (Wildman–Crippen MR) is 74.2 cm³/mol. The molecule has 100 valence electrons. The second kappa shape index (κ2) is 5.63. The van der Waals surface area contributed by atoms with Crippen molar-refractivity contribution in [1.82, 2.24) is 19.7 Å². The van der Waals surface area contributed by atoms with Crippen molar-refractivity contribution in [2.45, 2.75) is 31.9 Å². The van der Waals surface area contributed by atoms with Crippen LogP contribution < -0.4 is 0 Å². The van der Waals surface area contributed by atoms with Gasteiger partial charge in [0.1, 0.15) is 5.69 Å². The molecular weight excluding hydrogens is 260 g/mol. The highest BCUT2D eigenvalue weighted by Crippen LogP contribution is 2.19. The molecule has 1 saturated heterocycles. The monoisotopic (exact) mass is 276 g/mol. The SMILES string of the molecule is S=c1[nH]nc(-c2ccccn2)n1CC1CCCCO1. The highest BCUT2D eigenvalue weighted by molar-refractivity contribution is 7.71. The standard InChI is InChI=1S/C13H16N4OS/c19-13-16-15-12(11-6-1-3-7-14-11)17(13)9-10-5-2-4-8-18-10/h1,3,6-7,10H,2,4-5,8-9H2,(H,16,19). The van der Waals surface area contributed by atoms with Gasteiger partial charge in [0.2, 0.25) is 0 Å². The lowest BCUT2D eigenvalue weighted by molar-refractivity contribution is 0.00597. The number of H-pyrrole nitrogens is 1. The topological polar surface area (TPSA) is 55.7 Å². The smallest absolute Gasteiger partial charge is 0.195 e. The third kappa shape index (κ3) is 2.74. The van der Waals surface area contributed by atoms with Crippen molar-refractivity contribution in [2.24, 2.45) is 0 Å². The first-order valence-electron chi connectivity index (χ1n) is 6.53. The Balaban J connectivity index is 1.88. The normalized spacial score (nSPS) is 19.5. The van der Waals surface area contributed by atoms with Crippen LogP contribution >= 0.6 is 12.2 Å². The molecule has 2 aromatic heterocycles. The molecule has 0 bridgehead atoms. The zero-order chi connectivity index (χ0) is 13.1. The van der Waals surface area contributed by atoms with Gasteiger partial charge >= 0.3 is 0 Å². The lowest BCUT2D eigenvalue weighted by atomic mass is 10.1. The van der Waals surface area contributed by atoms with Gasteiger partial charge in [-0.1, -0.05) is 6.07 Å². The fourth-order valence-electron chi connectivity index (χ4n) is 2.33. The number of nitrogens with zero attached hydrogens (tertiary/aromatic N) is 3. The molecule has 1 aliphatic rings. The van der Waals surface area contributed by atoms with E-state index in [4.69, 9.17) is 17.0 Å². The van der Waals surface area contributed by atoms with E-state index < -0.39 is 0 Å². The van der Waals surface area contributed by atoms with Crippen molar-refractivity contribution in [3.05, 3.63) is 29.2 Å². The highest BCUT2D eigenvalue weighted by atomic mass is 32.1. The number of aromatic amines is 1. The Labute approximate surface area is 116 Å². The van der Waals surface area contributed by atoms with Gasteiger partial charge in [0, 0.05) is 12.8 Å². The van der Waals surface area contributed by atoms with Crippen molar-refractivity contribution in [2.75, 3.05) is 6.61 Å². The van der Waals surface area contributed by atoms with Gasteiger partial charge in [-0.25, -0.2) is 0 Å². The number of hydrogen-bond donors (Lipinski definition) is 1. The number of rotatable bonds is 3. The first kappa shape index (κ1) is 12.5. The molecule has 1 fully saturated rings. The van der Waals surface area contributed by atoms with E-state index in [0.717, 1.165) is 37.5 Å². The van der Waals surface area contributed by atoms with Crippen molar-refractivity contribution in [1.29, 1.82) is 0 Å². The maximum atomic E-state index is 5.77. The maximum absolute atomic E-state index is 5.77. The Morgan fingerprint density at radius 3 is 3.11 bits per heavy atom. The molecule has 19 heavy (non-hydrogen) atoms. The number of pyridine rings is 1. The van der Waals surface area contributed by atoms with Crippen LogP contribution in [0.25, 0.3) is 11.5 Å². The predicted octanol–water partition coefficient (Wildman–Crippen LogP) is 2.57. The summed E-state index contributed by atoms with van der Waals surface area (Å²) in [6.45, 7) is 1.58. The molecule has 3 heterocycles. The number of nitrogens with one attached hydrogen (secondary N) is 1. The number of ether oxygens (including phenoxy) is 1. The summed E-state index contributed by atoms with van der Waals surface area (Å²) in [6.07, 6.45) is 5.43. The van der Waals surface area contributed by atoms with Crippen LogP contribution in [0.15, 0.2) is 24.4 Å². The van der Waals surface area contributed by atoms with E-state index in [2.05, 4.69) is 15.2 Å². The van der Waals surface area contributed by atoms with Crippen LogP contribution in [-0.4, -0.2) is 32.5 Å². The van der Waals surface area contributed by atoms with E-state index in [0.29, 0.717) is 4.77 Å². The minimum atomic E-state index is 0.223. The molecule has 1 aliphatic heterocycles. The van der Waals surface area contributed by atoms with Crippen LogP contribution in [0.5, 0.6) is 0 Å². The van der Waals surface area contributed by atoms with Gasteiger partial charge in [0.05, 0.1) is 12.6 Å². The van der Waals surface area contributed by atoms with E-state index in [1.807, 2.05) is 22.8 Å². The summed E-state index contributed by atoms with van der Waals surface area (Å²) in [5.41, 5.74) is 0.825. The Kier molecular flexibility index (Phi) is 3.70. The molecule has 2 aromatic rings. The second-order valence-corrected chi connectivity index (χ2v) is 5.05. The van der Waals surface area contributed by atoms with Crippen LogP contribution in [0, 0.1) is 4.77 Å². The Morgan fingerprint density at radius 1 is 1.42 bits per heavy atom. The van der Waals surface area contributed by atoms with E-state index in [1.54, 1.807) is 6.20 Å². The second-order valence-electron chi connectivity index (χ2n) is 4.67. The minimum absolute atomic E-state index is 0.223. The quantitative estimate of drug-likeness (QED) is 0.875. The number of hydrogen-bond acceptors (Lipinski definition) is 4. The van der Waals surface area contributed by atoms with Gasteiger partial charge in [-0.3, -0.25) is 14.6 Å². The summed E-state index contributed by atoms with van der Waals surface area (Å²) in [4.78, 5) is 4.33. The summed E-state index contributed by atoms with van der Waals surface area (Å²) in [6, 6.07) is 5.77. The zero-order valence-electron chi connectivity index (χ0n) is 10.6. The van der Waals surface area contributed by atoms with E-state index in [9.17, 15) is 0 Å². The Hall–Kier alpha value is -1.53. The molecule has 0 saturated carbocycles. The third-order valence-corrected chi connectivity index (χ3v) is 3.62. The zero-order valence-corrected chi connectivity index (χ0v) is 11.4. The molecule has 5 nitrogen and oxygen atoms in total. The van der Waals surface area contributed by atoms with Gasteiger partial charge in [-0.2, -0.15) is 5.10 Å². The number of aromatic nitrogens is 4. The van der Waals surface area contributed by atoms with Crippen LogP contribution in [0.4, 0.5) is 0 Å². The Morgan fingerprint density at radius 2 is 2.37 bits per heavy atom. The van der Waals surface area contributed by atoms with Crippen LogP contribution in [-0.2, 0) is 11.3 Å². The molecule has 0 aromatic carbocycles. The average molecular weight is 276 g/mol. The summed E-state index contributed by atoms with van der Waals surface area (Å²) < 4.78 is 8.37. The molecule has 1 N–H and O–H groups in total. The van der Waals surface area contributed by atoms with Gasteiger partial charge < -0.3 is 4.74 Å². The third-order valence-electron chi connectivity index (χ3n) is 3.31. The first-order chi connectivity index (χ1) is 9.34. The van der Waals surface area contributed by atoms with Crippen molar-refractivity contribution < 1.29 is 4.74 Å². The van der Waals surface area contributed by atoms with Crippen LogP contribution in [0.1, 0.15) is 19.3 Å². The summed E-state index contributed by atoms with van der Waals surface area (Å²) in [7, 11) is 0. The van der Waals surface area contributed by atoms with Gasteiger partial charge in [-0.15, -0.1) is 0 Å². The molecule has 6 heteroatoms.